The lowest BCUT2D eigenvalue weighted by molar-refractivity contribution is -0.207. The smallest absolute Gasteiger partial charge is 0.416 e. The summed E-state index contributed by atoms with van der Waals surface area (Å²) in [6.07, 6.45) is -3.17. The second-order valence-electron chi connectivity index (χ2n) is 10.2. The second kappa shape index (κ2) is 12.3. The molecule has 0 fully saturated rings. The van der Waals surface area contributed by atoms with E-state index in [0.717, 1.165) is 9.25 Å². The molecule has 16 heteroatoms. The fourth-order valence-corrected chi connectivity index (χ4v) is 3.95. The van der Waals surface area contributed by atoms with Crippen LogP contribution in [0.2, 0.25) is 5.02 Å². The molecule has 224 valence electrons. The quantitative estimate of drug-likeness (QED) is 0.259. The average molecular weight is 609 g/mol. The zero-order valence-electron chi connectivity index (χ0n) is 22.8. The third kappa shape index (κ3) is 7.73. The van der Waals surface area contributed by atoms with Crippen molar-refractivity contribution in [3.63, 3.8) is 0 Å². The van der Waals surface area contributed by atoms with E-state index >= 15 is 0 Å². The van der Waals surface area contributed by atoms with Crippen molar-refractivity contribution in [3.8, 4) is 17.1 Å². The molecule has 12 nitrogen and oxygen atoms in total. The van der Waals surface area contributed by atoms with Crippen LogP contribution in [0.4, 0.5) is 18.9 Å². The molecule has 0 aliphatic heterocycles. The predicted octanol–water partition coefficient (Wildman–Crippen LogP) is 3.46. The van der Waals surface area contributed by atoms with E-state index in [4.69, 9.17) is 16.3 Å². The molecule has 2 N–H and O–H groups in total. The van der Waals surface area contributed by atoms with E-state index in [0.29, 0.717) is 22.0 Å². The van der Waals surface area contributed by atoms with Crippen LogP contribution < -0.4 is 11.0 Å². The molecule has 42 heavy (non-hydrogen) atoms. The number of aliphatic hydroxyl groups excluding tert-OH is 1. The molecule has 4 rings (SSSR count). The van der Waals surface area contributed by atoms with Crippen LogP contribution in [-0.4, -0.2) is 69.6 Å². The second-order valence-corrected chi connectivity index (χ2v) is 10.6. The van der Waals surface area contributed by atoms with Gasteiger partial charge < -0.3 is 15.2 Å². The van der Waals surface area contributed by atoms with Gasteiger partial charge in [0.25, 0.3) is 0 Å². The van der Waals surface area contributed by atoms with Gasteiger partial charge in [-0.1, -0.05) is 11.6 Å². The maximum Gasteiger partial charge on any atom is 0.416 e. The predicted molar refractivity (Wildman–Crippen MR) is 146 cm³/mol. The molecule has 0 amide bonds. The molecule has 1 aromatic carbocycles. The molecular weight excluding hydrogens is 581 g/mol. The lowest BCUT2D eigenvalue weighted by Gasteiger charge is -2.19. The highest BCUT2D eigenvalue weighted by atomic mass is 35.5. The minimum absolute atomic E-state index is 0.0943. The summed E-state index contributed by atoms with van der Waals surface area (Å²) in [6.45, 7) is 4.29. The molecule has 0 aliphatic carbocycles. The highest BCUT2D eigenvalue weighted by Crippen LogP contribution is 2.24. The zero-order valence-corrected chi connectivity index (χ0v) is 23.6. The number of benzene rings is 1. The van der Waals surface area contributed by atoms with Crippen LogP contribution in [0, 0.1) is 0 Å². The molecule has 0 saturated heterocycles. The van der Waals surface area contributed by atoms with Gasteiger partial charge in [0.05, 0.1) is 24.8 Å². The summed E-state index contributed by atoms with van der Waals surface area (Å²) in [5, 5.41) is 21.8. The largest absolute Gasteiger partial charge is 0.460 e. The zero-order chi connectivity index (χ0) is 30.7. The number of ether oxygens (including phenoxy) is 1. The summed E-state index contributed by atoms with van der Waals surface area (Å²) in [5.74, 6) is -0.327. The third-order valence-corrected chi connectivity index (χ3v) is 5.95. The van der Waals surface area contributed by atoms with Gasteiger partial charge >= 0.3 is 17.8 Å². The Kier molecular flexibility index (Phi) is 9.01. The van der Waals surface area contributed by atoms with E-state index in [-0.39, 0.29) is 37.1 Å². The number of anilines is 1. The van der Waals surface area contributed by atoms with E-state index in [9.17, 15) is 27.9 Å². The number of carbonyl (C=O) groups excluding carboxylic acids is 1. The Morgan fingerprint density at radius 1 is 1.14 bits per heavy atom. The van der Waals surface area contributed by atoms with Crippen LogP contribution in [-0.2, 0) is 22.6 Å². The maximum atomic E-state index is 13.1. The maximum absolute atomic E-state index is 13.1. The topological polar surface area (TPSA) is 142 Å². The molecule has 0 aliphatic rings. The van der Waals surface area contributed by atoms with Gasteiger partial charge in [-0.25, -0.2) is 19.1 Å². The first-order chi connectivity index (χ1) is 19.7. The van der Waals surface area contributed by atoms with Gasteiger partial charge in [-0.15, -0.1) is 10.2 Å². The number of rotatable bonds is 10. The Hall–Kier alpha value is -4.24. The van der Waals surface area contributed by atoms with Crippen molar-refractivity contribution in [3.05, 3.63) is 70.4 Å². The molecule has 4 aromatic rings. The van der Waals surface area contributed by atoms with Crippen LogP contribution in [0.15, 0.2) is 53.8 Å². The molecule has 0 radical (unpaired) electrons. The van der Waals surface area contributed by atoms with Crippen LogP contribution in [0.1, 0.15) is 33.0 Å². The number of nitrogens with zero attached hydrogens (tertiary/aromatic N) is 7. The number of alkyl halides is 3. The van der Waals surface area contributed by atoms with Crippen molar-refractivity contribution in [2.75, 3.05) is 11.9 Å². The van der Waals surface area contributed by atoms with Gasteiger partial charge in [-0.2, -0.15) is 13.2 Å². The van der Waals surface area contributed by atoms with Crippen molar-refractivity contribution in [1.29, 1.82) is 0 Å². The first-order valence-corrected chi connectivity index (χ1v) is 13.1. The summed E-state index contributed by atoms with van der Waals surface area (Å²) < 4.78 is 47.7. The van der Waals surface area contributed by atoms with Crippen LogP contribution in [0.25, 0.3) is 17.1 Å². The first kappa shape index (κ1) is 30.7. The van der Waals surface area contributed by atoms with Gasteiger partial charge in [0, 0.05) is 23.3 Å². The van der Waals surface area contributed by atoms with E-state index in [1.54, 1.807) is 33.0 Å². The van der Waals surface area contributed by atoms with Crippen molar-refractivity contribution in [1.82, 2.24) is 34.1 Å². The Bertz CT molecular complexity index is 1590. The number of carbonyl (C=O) groups is 1. The van der Waals surface area contributed by atoms with E-state index in [1.165, 1.54) is 41.5 Å². The minimum Gasteiger partial charge on any atom is -0.460 e. The van der Waals surface area contributed by atoms with Gasteiger partial charge in [0.1, 0.15) is 24.2 Å². The summed E-state index contributed by atoms with van der Waals surface area (Å²) in [6, 6.07) is 7.68. The summed E-state index contributed by atoms with van der Waals surface area (Å²) in [7, 11) is 0. The van der Waals surface area contributed by atoms with E-state index < -0.39 is 30.1 Å². The summed E-state index contributed by atoms with van der Waals surface area (Å²) in [4.78, 5) is 33.5. The fourth-order valence-electron chi connectivity index (χ4n) is 3.83. The number of halogens is 4. The standard InChI is InChI=1S/C26H28ClF3N8O4/c1-25(2,3)42-22(40)9-11-32-18-8-10-31-12-19(18)38-15-33-21(34-38)14-37-24(41)36(13-20(39)26(28,29)30)23(35-37)16-4-6-17(27)7-5-16/h4-8,10,12,15,20,39H,9,11,13-14H2,1-3H3,(H,31,32). The van der Waals surface area contributed by atoms with E-state index in [2.05, 4.69) is 25.5 Å². The average Bonchev–Trinajstić information content (AvgIpc) is 3.48. The third-order valence-electron chi connectivity index (χ3n) is 5.70. The van der Waals surface area contributed by atoms with Gasteiger partial charge in [-0.3, -0.25) is 14.3 Å². The highest BCUT2D eigenvalue weighted by molar-refractivity contribution is 6.30. The summed E-state index contributed by atoms with van der Waals surface area (Å²) >= 11 is 5.92. The first-order valence-electron chi connectivity index (χ1n) is 12.7. The number of esters is 1. The molecule has 0 spiro atoms. The Morgan fingerprint density at radius 3 is 2.52 bits per heavy atom. The monoisotopic (exact) mass is 608 g/mol. The van der Waals surface area contributed by atoms with Crippen molar-refractivity contribution in [2.45, 2.75) is 58.2 Å². The number of aromatic nitrogens is 7. The van der Waals surface area contributed by atoms with Crippen LogP contribution in [0.3, 0.4) is 0 Å². The number of hydrogen-bond acceptors (Lipinski definition) is 9. The Labute approximate surface area is 242 Å². The van der Waals surface area contributed by atoms with Gasteiger partial charge in [0.2, 0.25) is 0 Å². The molecule has 3 aromatic heterocycles. The summed E-state index contributed by atoms with van der Waals surface area (Å²) in [5.41, 5.74) is -0.0844. The molecule has 1 unspecified atom stereocenters. The number of nitrogens with one attached hydrogen (secondary N) is 1. The highest BCUT2D eigenvalue weighted by Gasteiger charge is 2.39. The minimum atomic E-state index is -4.94. The number of pyridine rings is 1. The lowest BCUT2D eigenvalue weighted by Crippen LogP contribution is -2.37. The SMILES string of the molecule is CC(C)(C)OC(=O)CCNc1ccncc1-n1cnc(Cn2nc(-c3ccc(Cl)cc3)n(CC(O)C(F)(F)F)c2=O)n1. The molecular formula is C26H28ClF3N8O4. The normalized spacial score (nSPS) is 12.8. The molecule has 3 heterocycles. The van der Waals surface area contributed by atoms with Gasteiger partial charge in [-0.05, 0) is 51.1 Å². The Balaban J connectivity index is 1.56. The molecule has 0 saturated carbocycles. The number of aliphatic hydroxyl groups is 1. The molecule has 0 bridgehead atoms. The van der Waals surface area contributed by atoms with Crippen LogP contribution in [0.5, 0.6) is 0 Å². The van der Waals surface area contributed by atoms with Crippen molar-refractivity contribution >= 4 is 23.3 Å². The van der Waals surface area contributed by atoms with Crippen LogP contribution >= 0.6 is 11.6 Å². The fraction of sp³-hybridized carbons (Fsp3) is 0.385. The van der Waals surface area contributed by atoms with Crippen molar-refractivity contribution < 1.29 is 27.8 Å². The Morgan fingerprint density at radius 2 is 1.86 bits per heavy atom. The van der Waals surface area contributed by atoms with E-state index in [1.807, 2.05) is 0 Å². The lowest BCUT2D eigenvalue weighted by atomic mass is 10.2. The van der Waals surface area contributed by atoms with Crippen molar-refractivity contribution in [2.24, 2.45) is 0 Å². The number of hydrogen-bond donors (Lipinski definition) is 2. The van der Waals surface area contributed by atoms with Gasteiger partial charge in [0.15, 0.2) is 17.8 Å². The molecule has 1 atom stereocenters.